The lowest BCUT2D eigenvalue weighted by atomic mass is 9.79. The first-order valence-corrected chi connectivity index (χ1v) is 16.6. The third-order valence-corrected chi connectivity index (χ3v) is 8.85. The van der Waals surface area contributed by atoms with Gasteiger partial charge in [0, 0.05) is 31.5 Å². The summed E-state index contributed by atoms with van der Waals surface area (Å²) in [5.74, 6) is -4.56. The number of ether oxygens (including phenoxy) is 3. The number of rotatable bonds is 7. The van der Waals surface area contributed by atoms with Crippen LogP contribution in [0.25, 0.3) is 11.0 Å². The molecule has 3 aromatic rings. The van der Waals surface area contributed by atoms with Crippen LogP contribution in [0.3, 0.4) is 0 Å². The maximum atomic E-state index is 16.7. The van der Waals surface area contributed by atoms with Crippen molar-refractivity contribution in [1.29, 1.82) is 0 Å². The van der Waals surface area contributed by atoms with Gasteiger partial charge in [-0.1, -0.05) is 36.4 Å². The number of hydrogen-bond acceptors (Lipinski definition) is 7. The van der Waals surface area contributed by atoms with Crippen molar-refractivity contribution >= 4 is 29.2 Å². The summed E-state index contributed by atoms with van der Waals surface area (Å²) in [5.41, 5.74) is -2.29. The van der Waals surface area contributed by atoms with Gasteiger partial charge >= 0.3 is 18.2 Å². The zero-order chi connectivity index (χ0) is 35.8. The Morgan fingerprint density at radius 3 is 2.27 bits per heavy atom. The monoisotopic (exact) mass is 686 g/mol. The summed E-state index contributed by atoms with van der Waals surface area (Å²) in [4.78, 5) is 48.9. The van der Waals surface area contributed by atoms with E-state index in [1.807, 2.05) is 18.2 Å². The van der Waals surface area contributed by atoms with E-state index >= 15 is 4.39 Å². The van der Waals surface area contributed by atoms with Gasteiger partial charge in [0.2, 0.25) is 5.92 Å². The van der Waals surface area contributed by atoms with Crippen LogP contribution in [0, 0.1) is 11.7 Å². The van der Waals surface area contributed by atoms with E-state index in [-0.39, 0.29) is 74.2 Å². The number of carbonyl (C=O) groups excluding carboxylic acids is 3. The molecule has 49 heavy (non-hydrogen) atoms. The number of alkyl halides is 2. The van der Waals surface area contributed by atoms with E-state index in [0.29, 0.717) is 0 Å². The third-order valence-electron chi connectivity index (χ3n) is 8.85. The van der Waals surface area contributed by atoms with E-state index < -0.39 is 58.5 Å². The number of H-pyrrole nitrogens is 1. The predicted molar refractivity (Wildman–Crippen MR) is 175 cm³/mol. The molecule has 1 aliphatic heterocycles. The van der Waals surface area contributed by atoms with E-state index in [0.717, 1.165) is 5.56 Å². The Morgan fingerprint density at radius 2 is 1.63 bits per heavy atom. The Morgan fingerprint density at radius 1 is 0.980 bits per heavy atom. The SMILES string of the molecule is CC(C)(C)OC(=O)N1CC[C@](C(=O)OC(C)(C)C)(c2ccc3[nH]c([C@@H](NC(=O)OCc4ccccc4)C4CCC(F)(F)CC4)nc3c2F)C1. The summed E-state index contributed by atoms with van der Waals surface area (Å²) in [5, 5.41) is 2.78. The molecule has 2 fully saturated rings. The van der Waals surface area contributed by atoms with E-state index in [1.165, 1.54) is 11.0 Å². The smallest absolute Gasteiger partial charge is 0.410 e. The van der Waals surface area contributed by atoms with Crippen molar-refractivity contribution in [1.82, 2.24) is 20.2 Å². The number of halogens is 3. The molecular formula is C36H45F3N4O6. The number of benzene rings is 2. The summed E-state index contributed by atoms with van der Waals surface area (Å²) >= 11 is 0. The van der Waals surface area contributed by atoms with Crippen molar-refractivity contribution in [3.8, 4) is 0 Å². The number of alkyl carbamates (subject to hydrolysis) is 1. The minimum absolute atomic E-state index is 0.00227. The van der Waals surface area contributed by atoms with Gasteiger partial charge in [-0.2, -0.15) is 0 Å². The summed E-state index contributed by atoms with van der Waals surface area (Å²) in [6, 6.07) is 11.2. The molecule has 0 radical (unpaired) electrons. The molecule has 2 atom stereocenters. The van der Waals surface area contributed by atoms with Crippen molar-refractivity contribution < 1.29 is 41.8 Å². The van der Waals surface area contributed by atoms with Gasteiger partial charge in [-0.15, -0.1) is 0 Å². The number of carbonyl (C=O) groups is 3. The molecule has 0 spiro atoms. The molecule has 10 nitrogen and oxygen atoms in total. The molecule has 2 N–H and O–H groups in total. The fourth-order valence-electron chi connectivity index (χ4n) is 6.44. The standard InChI is InChI=1S/C36H45F3N4O6/c1-33(2,3)48-30(44)35(18-19-43(21-35)32(46)49-34(4,5)6)24-12-13-25-28(26(24)37)41-29(40-25)27(23-14-16-36(38,39)17-15-23)42-31(45)47-20-22-10-8-7-9-11-22/h7-13,23,27H,14-21H2,1-6H3,(H,40,41)(H,42,45)/t27-,35+/m0/s1. The fraction of sp³-hybridized carbons (Fsp3) is 0.556. The zero-order valence-corrected chi connectivity index (χ0v) is 28.8. The number of amides is 2. The van der Waals surface area contributed by atoms with Crippen LogP contribution in [0.5, 0.6) is 0 Å². The number of esters is 1. The molecule has 2 amide bonds. The number of aromatic nitrogens is 2. The van der Waals surface area contributed by atoms with Crippen molar-refractivity contribution in [2.75, 3.05) is 13.1 Å². The van der Waals surface area contributed by atoms with E-state index in [2.05, 4.69) is 15.3 Å². The fourth-order valence-corrected chi connectivity index (χ4v) is 6.44. The average molecular weight is 687 g/mol. The highest BCUT2D eigenvalue weighted by Crippen LogP contribution is 2.43. The molecule has 2 aliphatic rings. The molecule has 266 valence electrons. The lowest BCUT2D eigenvalue weighted by Crippen LogP contribution is -2.45. The van der Waals surface area contributed by atoms with E-state index in [1.54, 1.807) is 59.7 Å². The van der Waals surface area contributed by atoms with Gasteiger partial charge in [0.05, 0.1) is 11.6 Å². The van der Waals surface area contributed by atoms with Gasteiger partial charge in [0.15, 0.2) is 5.82 Å². The van der Waals surface area contributed by atoms with Crippen LogP contribution in [-0.2, 0) is 31.0 Å². The minimum Gasteiger partial charge on any atom is -0.459 e. The summed E-state index contributed by atoms with van der Waals surface area (Å²) in [6.45, 7) is 10.3. The average Bonchev–Trinajstić information content (AvgIpc) is 3.65. The van der Waals surface area contributed by atoms with Crippen LogP contribution in [-0.4, -0.2) is 63.2 Å². The third kappa shape index (κ3) is 8.48. The molecule has 1 aromatic heterocycles. The molecule has 1 aliphatic carbocycles. The molecular weight excluding hydrogens is 641 g/mol. The van der Waals surface area contributed by atoms with Gasteiger partial charge in [0.1, 0.15) is 34.6 Å². The maximum Gasteiger partial charge on any atom is 0.410 e. The second-order valence-corrected chi connectivity index (χ2v) is 15.1. The van der Waals surface area contributed by atoms with Crippen LogP contribution < -0.4 is 5.32 Å². The first-order valence-electron chi connectivity index (χ1n) is 16.6. The highest BCUT2D eigenvalue weighted by atomic mass is 19.3. The number of fused-ring (bicyclic) bond motifs is 1. The number of aromatic amines is 1. The van der Waals surface area contributed by atoms with Crippen molar-refractivity contribution in [2.24, 2.45) is 5.92 Å². The number of imidazole rings is 1. The van der Waals surface area contributed by atoms with E-state index in [9.17, 15) is 23.2 Å². The van der Waals surface area contributed by atoms with Crippen molar-refractivity contribution in [2.45, 2.75) is 109 Å². The molecule has 0 bridgehead atoms. The van der Waals surface area contributed by atoms with E-state index in [4.69, 9.17) is 14.2 Å². The molecule has 0 unspecified atom stereocenters. The Labute approximate surface area is 284 Å². The van der Waals surface area contributed by atoms with Gasteiger partial charge in [-0.25, -0.2) is 27.7 Å². The molecule has 2 heterocycles. The van der Waals surface area contributed by atoms with Crippen LogP contribution in [0.15, 0.2) is 42.5 Å². The molecule has 2 aromatic carbocycles. The van der Waals surface area contributed by atoms with Crippen molar-refractivity contribution in [3.63, 3.8) is 0 Å². The zero-order valence-electron chi connectivity index (χ0n) is 28.8. The summed E-state index contributed by atoms with van der Waals surface area (Å²) < 4.78 is 61.7. The van der Waals surface area contributed by atoms with Gasteiger partial charge in [-0.05, 0) is 78.4 Å². The normalized spacial score (nSPS) is 20.6. The quantitative estimate of drug-likeness (QED) is 0.193. The number of likely N-dealkylation sites (tertiary alicyclic amines) is 1. The Kier molecular flexibility index (Phi) is 9.96. The highest BCUT2D eigenvalue weighted by Gasteiger charge is 2.52. The second-order valence-electron chi connectivity index (χ2n) is 15.1. The summed E-state index contributed by atoms with van der Waals surface area (Å²) in [6.07, 6.45) is -1.85. The predicted octanol–water partition coefficient (Wildman–Crippen LogP) is 7.72. The Balaban J connectivity index is 1.48. The molecule has 5 rings (SSSR count). The number of hydrogen-bond donors (Lipinski definition) is 2. The first-order chi connectivity index (χ1) is 22.9. The first kappa shape index (κ1) is 36.0. The molecule has 1 saturated carbocycles. The van der Waals surface area contributed by atoms with Crippen LogP contribution in [0.1, 0.15) is 96.6 Å². The largest absolute Gasteiger partial charge is 0.459 e. The van der Waals surface area contributed by atoms with Crippen LogP contribution in [0.2, 0.25) is 0 Å². The molecule has 13 heteroatoms. The molecule has 1 saturated heterocycles. The Hall–Kier alpha value is -4.29. The summed E-state index contributed by atoms with van der Waals surface area (Å²) in [7, 11) is 0. The Bertz CT molecular complexity index is 1670. The van der Waals surface area contributed by atoms with Crippen LogP contribution >= 0.6 is 0 Å². The number of nitrogens with one attached hydrogen (secondary N) is 2. The number of nitrogens with zero attached hydrogens (tertiary/aromatic N) is 2. The lowest BCUT2D eigenvalue weighted by Gasteiger charge is -2.33. The van der Waals surface area contributed by atoms with Gasteiger partial charge in [0.25, 0.3) is 0 Å². The lowest BCUT2D eigenvalue weighted by molar-refractivity contribution is -0.161. The highest BCUT2D eigenvalue weighted by molar-refractivity contribution is 5.88. The van der Waals surface area contributed by atoms with Crippen LogP contribution in [0.4, 0.5) is 22.8 Å². The van der Waals surface area contributed by atoms with Gasteiger partial charge < -0.3 is 29.4 Å². The second kappa shape index (κ2) is 13.5. The van der Waals surface area contributed by atoms with Gasteiger partial charge in [-0.3, -0.25) is 4.79 Å². The minimum atomic E-state index is -2.81. The van der Waals surface area contributed by atoms with Crippen molar-refractivity contribution in [3.05, 3.63) is 65.2 Å². The topological polar surface area (TPSA) is 123 Å². The maximum absolute atomic E-state index is 16.7.